The van der Waals surface area contributed by atoms with Gasteiger partial charge in [-0.3, -0.25) is 19.3 Å². The summed E-state index contributed by atoms with van der Waals surface area (Å²) in [5.74, 6) is -1.29. The second-order valence-corrected chi connectivity index (χ2v) is 10.1. The van der Waals surface area contributed by atoms with E-state index in [4.69, 9.17) is 21.1 Å². The Morgan fingerprint density at radius 3 is 2.59 bits per heavy atom. The molecule has 1 N–H and O–H groups in total. The Bertz CT molecular complexity index is 1400. The fraction of sp³-hybridized carbons (Fsp3) is 0.115. The van der Waals surface area contributed by atoms with Crippen LogP contribution in [0, 0.1) is 5.82 Å². The summed E-state index contributed by atoms with van der Waals surface area (Å²) >= 11 is 10.5. The quantitative estimate of drug-likeness (QED) is 0.295. The zero-order valence-corrected chi connectivity index (χ0v) is 22.5. The number of amides is 3. The number of benzene rings is 3. The Kier molecular flexibility index (Phi) is 8.52. The smallest absolute Gasteiger partial charge is 0.294 e. The van der Waals surface area contributed by atoms with Crippen LogP contribution in [0.5, 0.6) is 11.5 Å². The first-order valence-corrected chi connectivity index (χ1v) is 12.8. The molecular formula is C26H19BrClFN2O5S. The minimum absolute atomic E-state index is 0.0424. The van der Waals surface area contributed by atoms with Crippen molar-refractivity contribution in [3.8, 4) is 11.5 Å². The molecule has 1 fully saturated rings. The Labute approximate surface area is 229 Å². The lowest BCUT2D eigenvalue weighted by Gasteiger charge is -2.14. The van der Waals surface area contributed by atoms with Gasteiger partial charge in [0.2, 0.25) is 5.91 Å². The first-order valence-electron chi connectivity index (χ1n) is 10.8. The van der Waals surface area contributed by atoms with Crippen molar-refractivity contribution >= 4 is 68.1 Å². The van der Waals surface area contributed by atoms with Crippen LogP contribution < -0.4 is 14.8 Å². The second kappa shape index (κ2) is 11.8. The maximum Gasteiger partial charge on any atom is 0.294 e. The Morgan fingerprint density at radius 1 is 1.16 bits per heavy atom. The molecule has 4 rings (SSSR count). The number of nitrogens with zero attached hydrogens (tertiary/aromatic N) is 1. The number of imide groups is 1. The number of ether oxygens (including phenoxy) is 2. The number of nitrogens with one attached hydrogen (secondary N) is 1. The molecule has 11 heteroatoms. The van der Waals surface area contributed by atoms with Crippen LogP contribution >= 0.6 is 39.3 Å². The van der Waals surface area contributed by atoms with Crippen LogP contribution in [0.3, 0.4) is 0 Å². The summed E-state index contributed by atoms with van der Waals surface area (Å²) in [4.78, 5) is 38.5. The van der Waals surface area contributed by atoms with E-state index in [2.05, 4.69) is 21.2 Å². The molecule has 0 atom stereocenters. The van der Waals surface area contributed by atoms with E-state index >= 15 is 0 Å². The van der Waals surface area contributed by atoms with Gasteiger partial charge in [-0.1, -0.05) is 51.8 Å². The molecular weight excluding hydrogens is 587 g/mol. The SMILES string of the molecule is COc1cc(/C=C2\SC(=O)N(CC(=O)Nc3ccccc3F)C2=O)cc(Cl)c1OCc1ccc(Br)cc1. The van der Waals surface area contributed by atoms with Crippen molar-refractivity contribution in [3.63, 3.8) is 0 Å². The van der Waals surface area contributed by atoms with E-state index in [9.17, 15) is 18.8 Å². The largest absolute Gasteiger partial charge is 0.493 e. The van der Waals surface area contributed by atoms with Crippen LogP contribution in [-0.4, -0.2) is 35.6 Å². The number of anilines is 1. The highest BCUT2D eigenvalue weighted by Gasteiger charge is 2.36. The number of hydrogen-bond donors (Lipinski definition) is 1. The summed E-state index contributed by atoms with van der Waals surface area (Å²) < 4.78 is 26.0. The number of hydrogen-bond acceptors (Lipinski definition) is 6. The first kappa shape index (κ1) is 26.7. The van der Waals surface area contributed by atoms with Gasteiger partial charge in [-0.15, -0.1) is 0 Å². The number of carbonyl (C=O) groups excluding carboxylic acids is 3. The Morgan fingerprint density at radius 2 is 1.89 bits per heavy atom. The third-order valence-electron chi connectivity index (χ3n) is 5.17. The first-order chi connectivity index (χ1) is 17.7. The number of carbonyl (C=O) groups is 3. The Hall–Kier alpha value is -3.34. The van der Waals surface area contributed by atoms with Crippen LogP contribution in [-0.2, 0) is 16.2 Å². The van der Waals surface area contributed by atoms with Gasteiger partial charge in [-0.05, 0) is 65.4 Å². The Balaban J connectivity index is 1.47. The van der Waals surface area contributed by atoms with E-state index in [0.29, 0.717) is 28.8 Å². The zero-order valence-electron chi connectivity index (χ0n) is 19.3. The molecule has 0 aliphatic carbocycles. The number of halogens is 3. The highest BCUT2D eigenvalue weighted by Crippen LogP contribution is 2.39. The van der Waals surface area contributed by atoms with Gasteiger partial charge in [-0.2, -0.15) is 0 Å². The van der Waals surface area contributed by atoms with Crippen molar-refractivity contribution in [1.82, 2.24) is 4.90 Å². The van der Waals surface area contributed by atoms with Crippen LogP contribution in [0.1, 0.15) is 11.1 Å². The average molecular weight is 606 g/mol. The molecule has 3 amide bonds. The van der Waals surface area contributed by atoms with Gasteiger partial charge >= 0.3 is 0 Å². The molecule has 0 aromatic heterocycles. The van der Waals surface area contributed by atoms with Gasteiger partial charge in [0.25, 0.3) is 11.1 Å². The lowest BCUT2D eigenvalue weighted by molar-refractivity contribution is -0.127. The fourth-order valence-corrected chi connectivity index (χ4v) is 4.76. The maximum absolute atomic E-state index is 13.8. The molecule has 190 valence electrons. The minimum Gasteiger partial charge on any atom is -0.493 e. The summed E-state index contributed by atoms with van der Waals surface area (Å²) in [5, 5.41) is 2.00. The number of para-hydroxylation sites is 1. The fourth-order valence-electron chi connectivity index (χ4n) is 3.38. The van der Waals surface area contributed by atoms with Gasteiger partial charge in [0.1, 0.15) is 19.0 Å². The van der Waals surface area contributed by atoms with Crippen molar-refractivity contribution < 1.29 is 28.2 Å². The van der Waals surface area contributed by atoms with Crippen molar-refractivity contribution in [2.24, 2.45) is 0 Å². The molecule has 1 aliphatic heterocycles. The lowest BCUT2D eigenvalue weighted by Crippen LogP contribution is -2.36. The molecule has 7 nitrogen and oxygen atoms in total. The van der Waals surface area contributed by atoms with E-state index in [1.807, 2.05) is 24.3 Å². The molecule has 1 heterocycles. The molecule has 0 unspecified atom stereocenters. The monoisotopic (exact) mass is 604 g/mol. The molecule has 0 saturated carbocycles. The third-order valence-corrected chi connectivity index (χ3v) is 6.89. The third kappa shape index (κ3) is 6.51. The molecule has 1 saturated heterocycles. The maximum atomic E-state index is 13.8. The molecule has 1 aliphatic rings. The summed E-state index contributed by atoms with van der Waals surface area (Å²) in [7, 11) is 1.46. The molecule has 3 aromatic rings. The standard InChI is InChI=1S/C26H19BrClFN2O5S/c1-35-21-11-16(10-18(28)24(21)36-14-15-6-8-17(27)9-7-15)12-22-25(33)31(26(34)37-22)13-23(32)30-20-5-3-2-4-19(20)29/h2-12H,13-14H2,1H3,(H,30,32)/b22-12-. The summed E-state index contributed by atoms with van der Waals surface area (Å²) in [6, 6.07) is 16.4. The van der Waals surface area contributed by atoms with Crippen LogP contribution in [0.25, 0.3) is 6.08 Å². The highest BCUT2D eigenvalue weighted by molar-refractivity contribution is 9.10. The van der Waals surface area contributed by atoms with E-state index in [0.717, 1.165) is 14.9 Å². The van der Waals surface area contributed by atoms with Gasteiger partial charge < -0.3 is 14.8 Å². The van der Waals surface area contributed by atoms with E-state index in [-0.39, 0.29) is 22.2 Å². The molecule has 0 radical (unpaired) electrons. The van der Waals surface area contributed by atoms with E-state index < -0.39 is 29.4 Å². The predicted octanol–water partition coefficient (Wildman–Crippen LogP) is 6.50. The number of methoxy groups -OCH3 is 1. The normalized spacial score (nSPS) is 14.3. The van der Waals surface area contributed by atoms with Crippen molar-refractivity contribution in [3.05, 3.63) is 92.0 Å². The van der Waals surface area contributed by atoms with Crippen molar-refractivity contribution in [2.45, 2.75) is 6.61 Å². The second-order valence-electron chi connectivity index (χ2n) is 7.75. The van der Waals surface area contributed by atoms with Gasteiger partial charge in [0, 0.05) is 4.47 Å². The molecule has 3 aromatic carbocycles. The molecule has 37 heavy (non-hydrogen) atoms. The van der Waals surface area contributed by atoms with Crippen molar-refractivity contribution in [1.29, 1.82) is 0 Å². The topological polar surface area (TPSA) is 84.9 Å². The predicted molar refractivity (Wildman–Crippen MR) is 144 cm³/mol. The summed E-state index contributed by atoms with van der Waals surface area (Å²) in [5.41, 5.74) is 1.39. The van der Waals surface area contributed by atoms with Crippen LogP contribution in [0.4, 0.5) is 14.9 Å². The summed E-state index contributed by atoms with van der Waals surface area (Å²) in [6.45, 7) is -0.292. The summed E-state index contributed by atoms with van der Waals surface area (Å²) in [6.07, 6.45) is 1.48. The van der Waals surface area contributed by atoms with E-state index in [1.165, 1.54) is 31.4 Å². The molecule has 0 bridgehead atoms. The van der Waals surface area contributed by atoms with Gasteiger partial charge in [0.05, 0.1) is 22.7 Å². The van der Waals surface area contributed by atoms with Crippen molar-refractivity contribution in [2.75, 3.05) is 19.0 Å². The van der Waals surface area contributed by atoms with Gasteiger partial charge in [0.15, 0.2) is 11.5 Å². The van der Waals surface area contributed by atoms with E-state index in [1.54, 1.807) is 18.2 Å². The average Bonchev–Trinajstić information content (AvgIpc) is 3.12. The lowest BCUT2D eigenvalue weighted by atomic mass is 10.1. The minimum atomic E-state index is -0.703. The zero-order chi connectivity index (χ0) is 26.5. The van der Waals surface area contributed by atoms with Gasteiger partial charge in [-0.25, -0.2) is 4.39 Å². The van der Waals surface area contributed by atoms with Crippen LogP contribution in [0.15, 0.2) is 70.0 Å². The molecule has 0 spiro atoms. The number of thioether (sulfide) groups is 1. The highest BCUT2D eigenvalue weighted by atomic mass is 79.9. The number of rotatable bonds is 8. The van der Waals surface area contributed by atoms with Crippen LogP contribution in [0.2, 0.25) is 5.02 Å².